The van der Waals surface area contributed by atoms with Crippen LogP contribution in [0.3, 0.4) is 0 Å². The molecule has 1 atom stereocenters. The third-order valence-electron chi connectivity index (χ3n) is 2.28. The van der Waals surface area contributed by atoms with E-state index in [-0.39, 0.29) is 5.92 Å². The molecule has 0 unspecified atom stereocenters. The molecular formula is C11H10N2. The molecule has 0 fully saturated rings. The number of aromatic amines is 1. The third kappa shape index (κ3) is 1.19. The van der Waals surface area contributed by atoms with Gasteiger partial charge in [-0.05, 0) is 23.9 Å². The maximum atomic E-state index is 8.82. The number of aromatic nitrogens is 1. The van der Waals surface area contributed by atoms with Crippen LogP contribution in [0.4, 0.5) is 0 Å². The van der Waals surface area contributed by atoms with Crippen molar-refractivity contribution in [2.75, 3.05) is 0 Å². The van der Waals surface area contributed by atoms with Crippen molar-refractivity contribution in [3.63, 3.8) is 0 Å². The zero-order valence-electron chi connectivity index (χ0n) is 7.41. The summed E-state index contributed by atoms with van der Waals surface area (Å²) < 4.78 is 0. The molecule has 0 aliphatic rings. The maximum absolute atomic E-state index is 8.82. The van der Waals surface area contributed by atoms with Gasteiger partial charge in [0.15, 0.2) is 0 Å². The van der Waals surface area contributed by atoms with Crippen LogP contribution in [0.1, 0.15) is 18.4 Å². The van der Waals surface area contributed by atoms with E-state index >= 15 is 0 Å². The van der Waals surface area contributed by atoms with Crippen molar-refractivity contribution in [1.29, 1.82) is 5.26 Å². The average molecular weight is 170 g/mol. The number of nitriles is 1. The highest BCUT2D eigenvalue weighted by Crippen LogP contribution is 2.23. The number of rotatable bonds is 1. The first-order chi connectivity index (χ1) is 6.33. The van der Waals surface area contributed by atoms with Crippen molar-refractivity contribution in [1.82, 2.24) is 4.98 Å². The molecule has 0 spiro atoms. The molecule has 1 aromatic carbocycles. The van der Waals surface area contributed by atoms with Gasteiger partial charge < -0.3 is 4.98 Å². The number of hydrogen-bond acceptors (Lipinski definition) is 1. The molecule has 0 amide bonds. The van der Waals surface area contributed by atoms with Gasteiger partial charge in [0.1, 0.15) is 0 Å². The quantitative estimate of drug-likeness (QED) is 0.702. The van der Waals surface area contributed by atoms with Gasteiger partial charge in [-0.15, -0.1) is 0 Å². The van der Waals surface area contributed by atoms with Crippen molar-refractivity contribution >= 4 is 10.9 Å². The highest BCUT2D eigenvalue weighted by Gasteiger charge is 2.07. The van der Waals surface area contributed by atoms with E-state index in [2.05, 4.69) is 11.1 Å². The summed E-state index contributed by atoms with van der Waals surface area (Å²) in [5.41, 5.74) is 2.15. The first kappa shape index (κ1) is 7.88. The highest BCUT2D eigenvalue weighted by molar-refractivity contribution is 5.83. The normalized spacial score (nSPS) is 12.6. The van der Waals surface area contributed by atoms with Crippen LogP contribution < -0.4 is 0 Å². The zero-order valence-corrected chi connectivity index (χ0v) is 7.41. The monoisotopic (exact) mass is 170 g/mol. The molecular weight excluding hydrogens is 160 g/mol. The Balaban J connectivity index is 2.69. The highest BCUT2D eigenvalue weighted by atomic mass is 14.7. The van der Waals surface area contributed by atoms with E-state index in [9.17, 15) is 0 Å². The van der Waals surface area contributed by atoms with Gasteiger partial charge >= 0.3 is 0 Å². The van der Waals surface area contributed by atoms with E-state index in [0.29, 0.717) is 0 Å². The second-order valence-electron chi connectivity index (χ2n) is 3.14. The van der Waals surface area contributed by atoms with Crippen LogP contribution in [-0.4, -0.2) is 4.98 Å². The molecule has 0 bridgehead atoms. The van der Waals surface area contributed by atoms with Gasteiger partial charge in [0, 0.05) is 11.7 Å². The molecule has 0 saturated heterocycles. The molecule has 0 aliphatic carbocycles. The molecule has 0 radical (unpaired) electrons. The van der Waals surface area contributed by atoms with Gasteiger partial charge in [0.25, 0.3) is 0 Å². The Bertz CT molecular complexity index is 462. The van der Waals surface area contributed by atoms with Gasteiger partial charge in [0.2, 0.25) is 0 Å². The number of para-hydroxylation sites is 1. The molecule has 0 saturated carbocycles. The lowest BCUT2D eigenvalue weighted by Crippen LogP contribution is -1.90. The molecule has 2 rings (SSSR count). The van der Waals surface area contributed by atoms with Crippen LogP contribution >= 0.6 is 0 Å². The Morgan fingerprint density at radius 3 is 3.00 bits per heavy atom. The summed E-state index contributed by atoms with van der Waals surface area (Å²) in [5, 5.41) is 9.99. The largest absolute Gasteiger partial charge is 0.361 e. The minimum atomic E-state index is -0.0534. The molecule has 1 aromatic heterocycles. The summed E-state index contributed by atoms with van der Waals surface area (Å²) in [6.07, 6.45) is 1.90. The number of fused-ring (bicyclic) bond motifs is 1. The number of nitrogens with zero attached hydrogens (tertiary/aromatic N) is 1. The second kappa shape index (κ2) is 2.95. The molecule has 1 heterocycles. The van der Waals surface area contributed by atoms with E-state index < -0.39 is 0 Å². The fourth-order valence-corrected chi connectivity index (χ4v) is 1.54. The second-order valence-corrected chi connectivity index (χ2v) is 3.14. The molecule has 1 N–H and O–H groups in total. The third-order valence-corrected chi connectivity index (χ3v) is 2.28. The smallest absolute Gasteiger partial charge is 0.0705 e. The van der Waals surface area contributed by atoms with Gasteiger partial charge in [-0.2, -0.15) is 5.26 Å². The van der Waals surface area contributed by atoms with Crippen molar-refractivity contribution in [2.24, 2.45) is 0 Å². The Morgan fingerprint density at radius 2 is 2.23 bits per heavy atom. The fourth-order valence-electron chi connectivity index (χ4n) is 1.54. The summed E-state index contributed by atoms with van der Waals surface area (Å²) in [7, 11) is 0. The molecule has 0 aliphatic heterocycles. The van der Waals surface area contributed by atoms with Gasteiger partial charge in [0.05, 0.1) is 12.0 Å². The summed E-state index contributed by atoms with van der Waals surface area (Å²) in [6.45, 7) is 1.91. The van der Waals surface area contributed by atoms with Gasteiger partial charge in [-0.3, -0.25) is 0 Å². The zero-order chi connectivity index (χ0) is 9.26. The summed E-state index contributed by atoms with van der Waals surface area (Å²) >= 11 is 0. The van der Waals surface area contributed by atoms with Crippen molar-refractivity contribution < 1.29 is 0 Å². The van der Waals surface area contributed by atoms with Crippen molar-refractivity contribution in [2.45, 2.75) is 12.8 Å². The van der Waals surface area contributed by atoms with Crippen LogP contribution in [0.2, 0.25) is 0 Å². The predicted octanol–water partition coefficient (Wildman–Crippen LogP) is 2.79. The number of benzene rings is 1. The first-order valence-electron chi connectivity index (χ1n) is 4.28. The van der Waals surface area contributed by atoms with Crippen LogP contribution in [-0.2, 0) is 0 Å². The Morgan fingerprint density at radius 1 is 1.38 bits per heavy atom. The number of nitrogens with one attached hydrogen (secondary N) is 1. The minimum Gasteiger partial charge on any atom is -0.361 e. The number of hydrogen-bond donors (Lipinski definition) is 1. The Hall–Kier alpha value is -1.75. The Kier molecular flexibility index (Phi) is 1.79. The minimum absolute atomic E-state index is 0.0534. The number of H-pyrrole nitrogens is 1. The van der Waals surface area contributed by atoms with E-state index in [4.69, 9.17) is 5.26 Å². The van der Waals surface area contributed by atoms with Gasteiger partial charge in [-0.25, -0.2) is 0 Å². The fraction of sp³-hybridized carbons (Fsp3) is 0.182. The molecule has 2 aromatic rings. The molecule has 2 nitrogen and oxygen atoms in total. The molecule has 13 heavy (non-hydrogen) atoms. The standard InChI is InChI=1S/C11H10N2/c1-8(7-12)10-4-2-3-9-5-6-13-11(9)10/h2-6,8,13H,1H3/t8-/m0/s1. The summed E-state index contributed by atoms with van der Waals surface area (Å²) in [6, 6.07) is 10.3. The maximum Gasteiger partial charge on any atom is 0.0705 e. The predicted molar refractivity (Wildman–Crippen MR) is 52.3 cm³/mol. The molecule has 2 heteroatoms. The van der Waals surface area contributed by atoms with E-state index in [1.165, 1.54) is 5.39 Å². The van der Waals surface area contributed by atoms with Crippen LogP contribution in [0, 0.1) is 11.3 Å². The topological polar surface area (TPSA) is 39.6 Å². The van der Waals surface area contributed by atoms with Crippen molar-refractivity contribution in [3.05, 3.63) is 36.0 Å². The van der Waals surface area contributed by atoms with Crippen LogP contribution in [0.15, 0.2) is 30.5 Å². The van der Waals surface area contributed by atoms with Crippen LogP contribution in [0.5, 0.6) is 0 Å². The summed E-state index contributed by atoms with van der Waals surface area (Å²) in [5.74, 6) is -0.0534. The first-order valence-corrected chi connectivity index (χ1v) is 4.28. The Labute approximate surface area is 76.8 Å². The molecule has 64 valence electrons. The van der Waals surface area contributed by atoms with E-state index in [1.54, 1.807) is 0 Å². The SMILES string of the molecule is C[C@@H](C#N)c1cccc2cc[nH]c12. The van der Waals surface area contributed by atoms with Crippen LogP contribution in [0.25, 0.3) is 10.9 Å². The summed E-state index contributed by atoms with van der Waals surface area (Å²) in [4.78, 5) is 3.15. The lowest BCUT2D eigenvalue weighted by atomic mass is 10.0. The van der Waals surface area contributed by atoms with Crippen molar-refractivity contribution in [3.8, 4) is 6.07 Å². The van der Waals surface area contributed by atoms with Gasteiger partial charge in [-0.1, -0.05) is 18.2 Å². The van der Waals surface area contributed by atoms with E-state index in [1.807, 2.05) is 37.4 Å². The lowest BCUT2D eigenvalue weighted by Gasteiger charge is -2.03. The lowest BCUT2D eigenvalue weighted by molar-refractivity contribution is 0.990. The van der Waals surface area contributed by atoms with E-state index in [0.717, 1.165) is 11.1 Å². The average Bonchev–Trinajstić information content (AvgIpc) is 2.63.